The van der Waals surface area contributed by atoms with E-state index in [1.807, 2.05) is 32.0 Å². The Hall–Kier alpha value is -2.93. The first-order valence-electron chi connectivity index (χ1n) is 8.37. The summed E-state index contributed by atoms with van der Waals surface area (Å²) in [5, 5.41) is 11.1. The molecule has 1 N–H and O–H groups in total. The van der Waals surface area contributed by atoms with Crippen LogP contribution in [0.25, 0.3) is 11.5 Å². The molecule has 0 aliphatic heterocycles. The van der Waals surface area contributed by atoms with Crippen molar-refractivity contribution in [3.05, 3.63) is 59.2 Å². The van der Waals surface area contributed by atoms with Crippen LogP contribution in [0.3, 0.4) is 0 Å². The van der Waals surface area contributed by atoms with E-state index in [9.17, 15) is 9.59 Å². The third kappa shape index (κ3) is 4.83. The summed E-state index contributed by atoms with van der Waals surface area (Å²) in [6.45, 7) is 5.57. The van der Waals surface area contributed by atoms with Gasteiger partial charge in [-0.1, -0.05) is 17.8 Å². The van der Waals surface area contributed by atoms with Crippen LogP contribution in [-0.2, 0) is 4.79 Å². The van der Waals surface area contributed by atoms with Gasteiger partial charge in [-0.15, -0.1) is 10.2 Å². The summed E-state index contributed by atoms with van der Waals surface area (Å²) in [5.74, 6) is 0.366. The minimum absolute atomic E-state index is 0.0144. The van der Waals surface area contributed by atoms with Gasteiger partial charge in [-0.25, -0.2) is 0 Å². The number of carbonyl (C=O) groups excluding carboxylic acids is 2. The number of rotatable bonds is 6. The number of anilines is 1. The fourth-order valence-corrected chi connectivity index (χ4v) is 2.93. The highest BCUT2D eigenvalue weighted by molar-refractivity contribution is 7.99. The molecule has 3 rings (SSSR count). The second kappa shape index (κ2) is 8.18. The van der Waals surface area contributed by atoms with Gasteiger partial charge < -0.3 is 9.73 Å². The number of nitrogens with zero attached hydrogens (tertiary/aromatic N) is 2. The normalized spacial score (nSPS) is 10.6. The quantitative estimate of drug-likeness (QED) is 0.506. The first kappa shape index (κ1) is 18.8. The van der Waals surface area contributed by atoms with Gasteiger partial charge in [0.1, 0.15) is 0 Å². The maximum absolute atomic E-state index is 12.1. The van der Waals surface area contributed by atoms with E-state index >= 15 is 0 Å². The van der Waals surface area contributed by atoms with Gasteiger partial charge in [0.15, 0.2) is 5.78 Å². The molecular weight excluding hydrogens is 362 g/mol. The SMILES string of the molecule is CC(=O)c1ccc(NC(=O)CSc2nnc(-c3ccc(C)c(C)c3)o2)cc1. The molecule has 0 fully saturated rings. The third-order valence-corrected chi connectivity index (χ3v) is 4.88. The number of hydrogen-bond donors (Lipinski definition) is 1. The summed E-state index contributed by atoms with van der Waals surface area (Å²) < 4.78 is 5.63. The average molecular weight is 381 g/mol. The fraction of sp³-hybridized carbons (Fsp3) is 0.200. The Balaban J connectivity index is 1.57. The van der Waals surface area contributed by atoms with Crippen LogP contribution in [-0.4, -0.2) is 27.6 Å². The van der Waals surface area contributed by atoms with Gasteiger partial charge in [0, 0.05) is 16.8 Å². The number of carbonyl (C=O) groups is 2. The van der Waals surface area contributed by atoms with Crippen molar-refractivity contribution >= 4 is 29.1 Å². The van der Waals surface area contributed by atoms with Crippen molar-refractivity contribution in [3.63, 3.8) is 0 Å². The smallest absolute Gasteiger partial charge is 0.277 e. The molecule has 0 unspecified atom stereocenters. The molecule has 0 aliphatic rings. The summed E-state index contributed by atoms with van der Waals surface area (Å²) in [6.07, 6.45) is 0. The molecule has 138 valence electrons. The number of nitrogens with one attached hydrogen (secondary N) is 1. The van der Waals surface area contributed by atoms with Crippen molar-refractivity contribution in [2.24, 2.45) is 0 Å². The van der Waals surface area contributed by atoms with Gasteiger partial charge in [-0.2, -0.15) is 0 Å². The van der Waals surface area contributed by atoms with Crippen molar-refractivity contribution < 1.29 is 14.0 Å². The topological polar surface area (TPSA) is 85.1 Å². The van der Waals surface area contributed by atoms with Gasteiger partial charge in [0.05, 0.1) is 5.75 Å². The van der Waals surface area contributed by atoms with Crippen molar-refractivity contribution in [2.75, 3.05) is 11.1 Å². The molecule has 27 heavy (non-hydrogen) atoms. The van der Waals surface area contributed by atoms with Crippen LogP contribution in [0.2, 0.25) is 0 Å². The van der Waals surface area contributed by atoms with Crippen LogP contribution in [0.5, 0.6) is 0 Å². The number of benzene rings is 2. The Bertz CT molecular complexity index is 980. The number of Topliss-reactive ketones (excluding diaryl/α,β-unsaturated/α-hetero) is 1. The highest BCUT2D eigenvalue weighted by Crippen LogP contribution is 2.25. The van der Waals surface area contributed by atoms with E-state index < -0.39 is 0 Å². The van der Waals surface area contributed by atoms with Crippen LogP contribution in [0, 0.1) is 13.8 Å². The van der Waals surface area contributed by atoms with Crippen molar-refractivity contribution in [1.82, 2.24) is 10.2 Å². The van der Waals surface area contributed by atoms with E-state index in [0.29, 0.717) is 22.4 Å². The van der Waals surface area contributed by atoms with E-state index in [1.165, 1.54) is 24.2 Å². The lowest BCUT2D eigenvalue weighted by Crippen LogP contribution is -2.14. The Morgan fingerprint density at radius 2 is 1.78 bits per heavy atom. The number of aromatic nitrogens is 2. The predicted octanol–water partition coefficient (Wildman–Crippen LogP) is 4.29. The maximum atomic E-state index is 12.1. The zero-order valence-corrected chi connectivity index (χ0v) is 16.1. The zero-order valence-electron chi connectivity index (χ0n) is 15.3. The van der Waals surface area contributed by atoms with Crippen LogP contribution < -0.4 is 5.32 Å². The minimum Gasteiger partial charge on any atom is -0.411 e. The molecule has 6 nitrogen and oxygen atoms in total. The van der Waals surface area contributed by atoms with Gasteiger partial charge in [-0.05, 0) is 68.3 Å². The molecule has 0 saturated heterocycles. The monoisotopic (exact) mass is 381 g/mol. The van der Waals surface area contributed by atoms with Gasteiger partial charge in [0.2, 0.25) is 11.8 Å². The van der Waals surface area contributed by atoms with E-state index in [2.05, 4.69) is 15.5 Å². The summed E-state index contributed by atoms with van der Waals surface area (Å²) in [7, 11) is 0. The van der Waals surface area contributed by atoms with Crippen molar-refractivity contribution in [3.8, 4) is 11.5 Å². The fourth-order valence-electron chi connectivity index (χ4n) is 2.37. The molecule has 1 amide bonds. The first-order chi connectivity index (χ1) is 12.9. The number of hydrogen-bond acceptors (Lipinski definition) is 6. The standard InChI is InChI=1S/C20H19N3O3S/c1-12-4-5-16(10-13(12)2)19-22-23-20(26-19)27-11-18(25)21-17-8-6-15(7-9-17)14(3)24/h4-10H,11H2,1-3H3,(H,21,25). The van der Waals surface area contributed by atoms with E-state index in [0.717, 1.165) is 11.1 Å². The van der Waals surface area contributed by atoms with E-state index in [4.69, 9.17) is 4.42 Å². The highest BCUT2D eigenvalue weighted by Gasteiger charge is 2.12. The lowest BCUT2D eigenvalue weighted by Gasteiger charge is -2.04. The van der Waals surface area contributed by atoms with E-state index in [1.54, 1.807) is 24.3 Å². The first-order valence-corrected chi connectivity index (χ1v) is 9.36. The molecule has 0 aliphatic carbocycles. The number of ketones is 1. The predicted molar refractivity (Wildman–Crippen MR) is 105 cm³/mol. The second-order valence-electron chi connectivity index (χ2n) is 6.14. The molecule has 0 saturated carbocycles. The Kier molecular flexibility index (Phi) is 5.71. The van der Waals surface area contributed by atoms with E-state index in [-0.39, 0.29) is 17.4 Å². The molecule has 2 aromatic carbocycles. The average Bonchev–Trinajstić information content (AvgIpc) is 3.12. The number of amides is 1. The summed E-state index contributed by atoms with van der Waals surface area (Å²) in [6, 6.07) is 12.7. The minimum atomic E-state index is -0.193. The van der Waals surface area contributed by atoms with Gasteiger partial charge in [-0.3, -0.25) is 9.59 Å². The molecule has 0 radical (unpaired) electrons. The van der Waals surface area contributed by atoms with Crippen LogP contribution in [0.1, 0.15) is 28.4 Å². The summed E-state index contributed by atoms with van der Waals surface area (Å²) >= 11 is 1.17. The van der Waals surface area contributed by atoms with Crippen LogP contribution in [0.15, 0.2) is 52.1 Å². The Labute approximate surface area is 161 Å². The van der Waals surface area contributed by atoms with Crippen molar-refractivity contribution in [2.45, 2.75) is 26.0 Å². The molecule has 3 aromatic rings. The maximum Gasteiger partial charge on any atom is 0.277 e. The van der Waals surface area contributed by atoms with Gasteiger partial charge in [0.25, 0.3) is 5.22 Å². The zero-order chi connectivity index (χ0) is 19.4. The lowest BCUT2D eigenvalue weighted by atomic mass is 10.1. The van der Waals surface area contributed by atoms with Crippen LogP contribution in [0.4, 0.5) is 5.69 Å². The molecule has 1 aromatic heterocycles. The third-order valence-electron chi connectivity index (χ3n) is 4.06. The lowest BCUT2D eigenvalue weighted by molar-refractivity contribution is -0.113. The second-order valence-corrected chi connectivity index (χ2v) is 7.07. The summed E-state index contributed by atoms with van der Waals surface area (Å²) in [4.78, 5) is 23.3. The van der Waals surface area contributed by atoms with Crippen molar-refractivity contribution in [1.29, 1.82) is 0 Å². The largest absolute Gasteiger partial charge is 0.411 e. The highest BCUT2D eigenvalue weighted by atomic mass is 32.2. The summed E-state index contributed by atoms with van der Waals surface area (Å²) in [5.41, 5.74) is 4.43. The molecule has 0 atom stereocenters. The Morgan fingerprint density at radius 1 is 1.04 bits per heavy atom. The molecular formula is C20H19N3O3S. The molecule has 0 bridgehead atoms. The molecule has 0 spiro atoms. The molecule has 7 heteroatoms. The molecule has 1 heterocycles. The number of aryl methyl sites for hydroxylation is 2. The number of thioether (sulfide) groups is 1. The van der Waals surface area contributed by atoms with Crippen LogP contribution >= 0.6 is 11.8 Å². The van der Waals surface area contributed by atoms with Gasteiger partial charge >= 0.3 is 0 Å². The Morgan fingerprint density at radius 3 is 2.44 bits per heavy atom.